The van der Waals surface area contributed by atoms with Gasteiger partial charge in [-0.25, -0.2) is 0 Å². The maximum Gasteiger partial charge on any atom is 0.108 e. The summed E-state index contributed by atoms with van der Waals surface area (Å²) in [5.41, 5.74) is 1.20. The summed E-state index contributed by atoms with van der Waals surface area (Å²) in [4.78, 5) is 4.62. The van der Waals surface area contributed by atoms with Crippen LogP contribution >= 0.6 is 11.2 Å². The van der Waals surface area contributed by atoms with Crippen LogP contribution in [0.2, 0.25) is 19.6 Å². The lowest BCUT2D eigenvalue weighted by Gasteiger charge is -2.22. The first-order valence-electron chi connectivity index (χ1n) is 6.74. The Morgan fingerprint density at radius 1 is 1.22 bits per heavy atom. The second-order valence-corrected chi connectivity index (χ2v) is 15.1. The first-order chi connectivity index (χ1) is 8.51. The SMILES string of the molecule is CCCC(CN=Cc1ccccc1)S[Si](C)(C)C. The maximum absolute atomic E-state index is 4.62. The number of benzene rings is 1. The van der Waals surface area contributed by atoms with E-state index in [2.05, 4.69) is 67.0 Å². The van der Waals surface area contributed by atoms with Crippen molar-refractivity contribution in [3.63, 3.8) is 0 Å². The van der Waals surface area contributed by atoms with Crippen LogP contribution in [0.25, 0.3) is 0 Å². The summed E-state index contributed by atoms with van der Waals surface area (Å²) in [5, 5.41) is 0.696. The van der Waals surface area contributed by atoms with Gasteiger partial charge in [0.2, 0.25) is 0 Å². The lowest BCUT2D eigenvalue weighted by molar-refractivity contribution is 0.748. The van der Waals surface area contributed by atoms with E-state index in [0.29, 0.717) is 5.25 Å². The quantitative estimate of drug-likeness (QED) is 0.514. The summed E-state index contributed by atoms with van der Waals surface area (Å²) in [6, 6.07) is 10.4. The first kappa shape index (κ1) is 15.5. The van der Waals surface area contributed by atoms with E-state index in [1.165, 1.54) is 18.4 Å². The molecule has 0 fully saturated rings. The van der Waals surface area contributed by atoms with Crippen LogP contribution in [-0.2, 0) is 0 Å². The largest absolute Gasteiger partial charge is 0.291 e. The standard InChI is InChI=1S/C15H25NSSi/c1-5-9-15(17-18(2,3)4)13-16-12-14-10-7-6-8-11-14/h6-8,10-12,15H,5,9,13H2,1-4H3. The van der Waals surface area contributed by atoms with Crippen LogP contribution in [0.4, 0.5) is 0 Å². The summed E-state index contributed by atoms with van der Waals surface area (Å²) < 4.78 is 0. The van der Waals surface area contributed by atoms with E-state index in [0.717, 1.165) is 6.54 Å². The molecule has 100 valence electrons. The molecule has 0 saturated carbocycles. The van der Waals surface area contributed by atoms with Crippen molar-refractivity contribution in [2.24, 2.45) is 4.99 Å². The van der Waals surface area contributed by atoms with Crippen LogP contribution < -0.4 is 0 Å². The Kier molecular flexibility index (Phi) is 6.72. The van der Waals surface area contributed by atoms with Gasteiger partial charge in [0.1, 0.15) is 7.22 Å². The van der Waals surface area contributed by atoms with E-state index in [9.17, 15) is 0 Å². The highest BCUT2D eigenvalue weighted by Crippen LogP contribution is 2.27. The predicted octanol–water partition coefficient (Wildman–Crippen LogP) is 4.84. The van der Waals surface area contributed by atoms with Crippen molar-refractivity contribution < 1.29 is 0 Å². The van der Waals surface area contributed by atoms with Gasteiger partial charge in [0, 0.05) is 11.5 Å². The number of hydrogen-bond donors (Lipinski definition) is 0. The number of aliphatic imine (C=N–C) groups is 1. The maximum atomic E-state index is 4.62. The highest BCUT2D eigenvalue weighted by molar-refractivity contribution is 8.29. The van der Waals surface area contributed by atoms with Gasteiger partial charge in [-0.15, -0.1) is 0 Å². The molecule has 1 nitrogen and oxygen atoms in total. The zero-order chi connectivity index (χ0) is 13.4. The van der Waals surface area contributed by atoms with Crippen molar-refractivity contribution in [2.45, 2.75) is 44.7 Å². The molecule has 0 radical (unpaired) electrons. The molecule has 0 aliphatic carbocycles. The smallest absolute Gasteiger partial charge is 0.108 e. The van der Waals surface area contributed by atoms with Crippen molar-refractivity contribution in [3.8, 4) is 0 Å². The van der Waals surface area contributed by atoms with E-state index >= 15 is 0 Å². The van der Waals surface area contributed by atoms with Crippen LogP contribution in [0.3, 0.4) is 0 Å². The highest BCUT2D eigenvalue weighted by atomic mass is 32.4. The molecule has 1 aromatic rings. The molecule has 0 bridgehead atoms. The second-order valence-electron chi connectivity index (χ2n) is 5.55. The summed E-state index contributed by atoms with van der Waals surface area (Å²) in [5.74, 6) is 0. The van der Waals surface area contributed by atoms with E-state index in [4.69, 9.17) is 0 Å². The molecule has 1 atom stereocenters. The molecule has 1 aromatic carbocycles. The molecule has 0 N–H and O–H groups in total. The van der Waals surface area contributed by atoms with Crippen molar-refractivity contribution in [1.29, 1.82) is 0 Å². The molecule has 1 rings (SSSR count). The molecule has 3 heteroatoms. The average molecular weight is 280 g/mol. The van der Waals surface area contributed by atoms with Crippen molar-refractivity contribution in [2.75, 3.05) is 6.54 Å². The molecular formula is C15H25NSSi. The van der Waals surface area contributed by atoms with E-state index in [-0.39, 0.29) is 0 Å². The molecule has 1 unspecified atom stereocenters. The van der Waals surface area contributed by atoms with Gasteiger partial charge in [0.25, 0.3) is 0 Å². The monoisotopic (exact) mass is 279 g/mol. The van der Waals surface area contributed by atoms with E-state index < -0.39 is 7.22 Å². The average Bonchev–Trinajstić information content (AvgIpc) is 2.28. The molecule has 0 spiro atoms. The molecular weight excluding hydrogens is 254 g/mol. The van der Waals surface area contributed by atoms with Crippen molar-refractivity contribution in [3.05, 3.63) is 35.9 Å². The molecule has 0 heterocycles. The van der Waals surface area contributed by atoms with E-state index in [1.54, 1.807) is 0 Å². The Bertz CT molecular complexity index is 357. The van der Waals surface area contributed by atoms with E-state index in [1.807, 2.05) is 12.3 Å². The van der Waals surface area contributed by atoms with Crippen LogP contribution in [-0.4, -0.2) is 25.2 Å². The Labute approximate surface area is 117 Å². The fourth-order valence-corrected chi connectivity index (χ4v) is 6.92. The Morgan fingerprint density at radius 2 is 1.89 bits per heavy atom. The van der Waals surface area contributed by atoms with Gasteiger partial charge in [-0.2, -0.15) is 11.2 Å². The fraction of sp³-hybridized carbons (Fsp3) is 0.533. The van der Waals surface area contributed by atoms with Crippen LogP contribution in [0, 0.1) is 0 Å². The van der Waals surface area contributed by atoms with Gasteiger partial charge in [-0.3, -0.25) is 4.99 Å². The minimum atomic E-state index is -1.04. The number of rotatable bonds is 7. The third-order valence-corrected chi connectivity index (χ3v) is 7.03. The number of hydrogen-bond acceptors (Lipinski definition) is 2. The normalized spacial score (nSPS) is 14.0. The van der Waals surface area contributed by atoms with Gasteiger partial charge in [0.15, 0.2) is 0 Å². The van der Waals surface area contributed by atoms with Crippen molar-refractivity contribution >= 4 is 24.6 Å². The summed E-state index contributed by atoms with van der Waals surface area (Å²) in [6.45, 7) is 10.5. The third kappa shape index (κ3) is 7.02. The van der Waals surface area contributed by atoms with Crippen LogP contribution in [0.15, 0.2) is 35.3 Å². The Hall–Kier alpha value is -0.543. The fourth-order valence-electron chi connectivity index (χ4n) is 1.82. The zero-order valence-electron chi connectivity index (χ0n) is 12.0. The van der Waals surface area contributed by atoms with Gasteiger partial charge >= 0.3 is 0 Å². The minimum absolute atomic E-state index is 0.696. The molecule has 18 heavy (non-hydrogen) atoms. The number of nitrogens with zero attached hydrogens (tertiary/aromatic N) is 1. The molecule has 0 aromatic heterocycles. The van der Waals surface area contributed by atoms with Gasteiger partial charge in [0.05, 0.1) is 6.54 Å². The molecule has 0 saturated heterocycles. The molecule has 0 amide bonds. The lowest BCUT2D eigenvalue weighted by Crippen LogP contribution is -2.22. The Balaban J connectivity index is 2.49. The van der Waals surface area contributed by atoms with Gasteiger partial charge in [-0.05, 0) is 12.0 Å². The predicted molar refractivity (Wildman–Crippen MR) is 88.5 cm³/mol. The van der Waals surface area contributed by atoms with Gasteiger partial charge in [-0.1, -0.05) is 63.3 Å². The summed E-state index contributed by atoms with van der Waals surface area (Å²) in [6.07, 6.45) is 4.54. The minimum Gasteiger partial charge on any atom is -0.291 e. The molecule has 0 aliphatic rings. The summed E-state index contributed by atoms with van der Waals surface area (Å²) >= 11 is 2.19. The topological polar surface area (TPSA) is 12.4 Å². The van der Waals surface area contributed by atoms with Gasteiger partial charge < -0.3 is 0 Å². The Morgan fingerprint density at radius 3 is 2.44 bits per heavy atom. The van der Waals surface area contributed by atoms with Crippen molar-refractivity contribution in [1.82, 2.24) is 0 Å². The lowest BCUT2D eigenvalue weighted by atomic mass is 10.2. The molecule has 0 aliphatic heterocycles. The zero-order valence-corrected chi connectivity index (χ0v) is 13.8. The third-order valence-electron chi connectivity index (χ3n) is 2.48. The first-order valence-corrected chi connectivity index (χ1v) is 11.8. The second kappa shape index (κ2) is 7.80. The van der Waals surface area contributed by atoms with Crippen LogP contribution in [0.5, 0.6) is 0 Å². The summed E-state index contributed by atoms with van der Waals surface area (Å²) in [7, 11) is -1.04. The highest BCUT2D eigenvalue weighted by Gasteiger charge is 2.19. The van der Waals surface area contributed by atoms with Crippen LogP contribution in [0.1, 0.15) is 25.3 Å².